The molecule has 1 atom stereocenters. The van der Waals surface area contributed by atoms with Crippen molar-refractivity contribution < 1.29 is 4.74 Å². The predicted octanol–water partition coefficient (Wildman–Crippen LogP) is 2.60. The fraction of sp³-hybridized carbons (Fsp3) is 0.636. The van der Waals surface area contributed by atoms with Gasteiger partial charge in [0.15, 0.2) is 11.0 Å². The van der Waals surface area contributed by atoms with Crippen LogP contribution in [-0.4, -0.2) is 29.2 Å². The van der Waals surface area contributed by atoms with Crippen LogP contribution in [0.15, 0.2) is 12.4 Å². The zero-order chi connectivity index (χ0) is 12.0. The topological polar surface area (TPSA) is 47.0 Å². The van der Waals surface area contributed by atoms with Crippen molar-refractivity contribution in [3.8, 4) is 0 Å². The molecular formula is C11H18ClN3O. The molecule has 0 aliphatic rings. The minimum absolute atomic E-state index is 0.189. The molecule has 1 unspecified atom stereocenters. The second-order valence-corrected chi connectivity index (χ2v) is 4.21. The van der Waals surface area contributed by atoms with Crippen molar-refractivity contribution in [1.29, 1.82) is 0 Å². The summed E-state index contributed by atoms with van der Waals surface area (Å²) in [6.45, 7) is 7.58. The lowest BCUT2D eigenvalue weighted by atomic mass is 10.1. The molecular weight excluding hydrogens is 226 g/mol. The molecule has 0 aromatic carbocycles. The summed E-state index contributed by atoms with van der Waals surface area (Å²) in [4.78, 5) is 8.12. The van der Waals surface area contributed by atoms with E-state index in [1.54, 1.807) is 12.4 Å². The van der Waals surface area contributed by atoms with Crippen molar-refractivity contribution in [2.24, 2.45) is 5.92 Å². The standard InChI is InChI=1S/C11H18ClN3O/c1-4-16-7-9(8(2)3)15-11-10(12)13-5-6-14-11/h5-6,8-9H,4,7H2,1-3H3,(H,14,15). The van der Waals surface area contributed by atoms with Gasteiger partial charge < -0.3 is 10.1 Å². The van der Waals surface area contributed by atoms with E-state index in [4.69, 9.17) is 16.3 Å². The molecule has 0 amide bonds. The molecule has 0 fully saturated rings. The highest BCUT2D eigenvalue weighted by Crippen LogP contribution is 2.17. The zero-order valence-corrected chi connectivity index (χ0v) is 10.7. The smallest absolute Gasteiger partial charge is 0.171 e. The SMILES string of the molecule is CCOCC(Nc1nccnc1Cl)C(C)C. The molecule has 1 rings (SSSR count). The second kappa shape index (κ2) is 6.66. The molecule has 90 valence electrons. The number of hydrogen-bond donors (Lipinski definition) is 1. The molecule has 4 nitrogen and oxygen atoms in total. The Hall–Kier alpha value is -0.870. The van der Waals surface area contributed by atoms with Gasteiger partial charge in [0, 0.05) is 19.0 Å². The molecule has 1 aromatic heterocycles. The lowest BCUT2D eigenvalue weighted by molar-refractivity contribution is 0.126. The summed E-state index contributed by atoms with van der Waals surface area (Å²) in [5, 5.41) is 3.64. The summed E-state index contributed by atoms with van der Waals surface area (Å²) in [5.41, 5.74) is 0. The van der Waals surface area contributed by atoms with E-state index in [1.165, 1.54) is 0 Å². The minimum Gasteiger partial charge on any atom is -0.380 e. The van der Waals surface area contributed by atoms with Gasteiger partial charge in [0.05, 0.1) is 12.6 Å². The molecule has 0 aliphatic heterocycles. The van der Waals surface area contributed by atoms with Gasteiger partial charge in [-0.1, -0.05) is 25.4 Å². The van der Waals surface area contributed by atoms with Crippen LogP contribution < -0.4 is 5.32 Å². The summed E-state index contributed by atoms with van der Waals surface area (Å²) in [7, 11) is 0. The first kappa shape index (κ1) is 13.2. The van der Waals surface area contributed by atoms with E-state index < -0.39 is 0 Å². The van der Waals surface area contributed by atoms with Crippen molar-refractivity contribution in [1.82, 2.24) is 9.97 Å². The Morgan fingerprint density at radius 1 is 1.38 bits per heavy atom. The normalized spacial score (nSPS) is 12.8. The van der Waals surface area contributed by atoms with E-state index >= 15 is 0 Å². The molecule has 0 saturated carbocycles. The third kappa shape index (κ3) is 3.94. The molecule has 0 radical (unpaired) electrons. The number of halogens is 1. The van der Waals surface area contributed by atoms with Crippen LogP contribution in [0.4, 0.5) is 5.82 Å². The van der Waals surface area contributed by atoms with Gasteiger partial charge in [0.25, 0.3) is 0 Å². The third-order valence-electron chi connectivity index (χ3n) is 2.28. The number of nitrogens with zero attached hydrogens (tertiary/aromatic N) is 2. The summed E-state index contributed by atoms with van der Waals surface area (Å²) in [6.07, 6.45) is 3.19. The van der Waals surface area contributed by atoms with Crippen molar-refractivity contribution in [3.63, 3.8) is 0 Å². The molecule has 16 heavy (non-hydrogen) atoms. The number of anilines is 1. The Labute approximate surface area is 101 Å². The van der Waals surface area contributed by atoms with Crippen LogP contribution in [-0.2, 0) is 4.74 Å². The van der Waals surface area contributed by atoms with Gasteiger partial charge in [-0.2, -0.15) is 0 Å². The van der Waals surface area contributed by atoms with Gasteiger partial charge in [-0.25, -0.2) is 9.97 Å². The Kier molecular flexibility index (Phi) is 5.49. The number of nitrogens with one attached hydrogen (secondary N) is 1. The summed E-state index contributed by atoms with van der Waals surface area (Å²) in [5.74, 6) is 1.05. The van der Waals surface area contributed by atoms with Crippen LogP contribution in [0.5, 0.6) is 0 Å². The number of rotatable bonds is 6. The van der Waals surface area contributed by atoms with E-state index in [1.807, 2.05) is 6.92 Å². The van der Waals surface area contributed by atoms with Crippen molar-refractivity contribution in [2.75, 3.05) is 18.5 Å². The lowest BCUT2D eigenvalue weighted by Gasteiger charge is -2.22. The molecule has 0 aliphatic carbocycles. The van der Waals surface area contributed by atoms with Crippen molar-refractivity contribution in [2.45, 2.75) is 26.8 Å². The number of aromatic nitrogens is 2. The number of ether oxygens (including phenoxy) is 1. The van der Waals surface area contributed by atoms with Gasteiger partial charge in [0.1, 0.15) is 0 Å². The van der Waals surface area contributed by atoms with Gasteiger partial charge in [-0.15, -0.1) is 0 Å². The maximum absolute atomic E-state index is 5.93. The van der Waals surface area contributed by atoms with Gasteiger partial charge in [0.2, 0.25) is 0 Å². The van der Waals surface area contributed by atoms with Gasteiger partial charge in [-0.05, 0) is 12.8 Å². The molecule has 0 saturated heterocycles. The molecule has 1 N–H and O–H groups in total. The average Bonchev–Trinajstić information content (AvgIpc) is 2.26. The van der Waals surface area contributed by atoms with Crippen molar-refractivity contribution >= 4 is 17.4 Å². The highest BCUT2D eigenvalue weighted by atomic mass is 35.5. The third-order valence-corrected chi connectivity index (χ3v) is 2.56. The fourth-order valence-electron chi connectivity index (χ4n) is 1.24. The Morgan fingerprint density at radius 3 is 2.62 bits per heavy atom. The van der Waals surface area contributed by atoms with Crippen LogP contribution in [0, 0.1) is 5.92 Å². The molecule has 1 heterocycles. The van der Waals surface area contributed by atoms with E-state index in [2.05, 4.69) is 29.1 Å². The summed E-state index contributed by atoms with van der Waals surface area (Å²) < 4.78 is 5.42. The maximum Gasteiger partial charge on any atom is 0.171 e. The second-order valence-electron chi connectivity index (χ2n) is 3.85. The minimum atomic E-state index is 0.189. The van der Waals surface area contributed by atoms with Crippen LogP contribution in [0.3, 0.4) is 0 Å². The van der Waals surface area contributed by atoms with Crippen LogP contribution in [0.1, 0.15) is 20.8 Å². The van der Waals surface area contributed by atoms with Gasteiger partial charge in [-0.3, -0.25) is 0 Å². The summed E-state index contributed by atoms with van der Waals surface area (Å²) >= 11 is 5.93. The predicted molar refractivity (Wildman–Crippen MR) is 65.8 cm³/mol. The van der Waals surface area contributed by atoms with E-state index in [-0.39, 0.29) is 6.04 Å². The fourth-order valence-corrected chi connectivity index (χ4v) is 1.40. The molecule has 0 spiro atoms. The molecule has 5 heteroatoms. The van der Waals surface area contributed by atoms with E-state index in [0.717, 1.165) is 0 Å². The first-order valence-electron chi connectivity index (χ1n) is 5.46. The highest BCUT2D eigenvalue weighted by Gasteiger charge is 2.15. The Balaban J connectivity index is 2.64. The van der Waals surface area contributed by atoms with Crippen LogP contribution >= 0.6 is 11.6 Å². The first-order chi connectivity index (χ1) is 7.65. The average molecular weight is 244 g/mol. The maximum atomic E-state index is 5.93. The largest absolute Gasteiger partial charge is 0.380 e. The number of hydrogen-bond acceptors (Lipinski definition) is 4. The summed E-state index contributed by atoms with van der Waals surface area (Å²) in [6, 6.07) is 0.189. The molecule has 1 aromatic rings. The highest BCUT2D eigenvalue weighted by molar-refractivity contribution is 6.31. The van der Waals surface area contributed by atoms with Gasteiger partial charge >= 0.3 is 0 Å². The van der Waals surface area contributed by atoms with E-state index in [0.29, 0.717) is 30.1 Å². The van der Waals surface area contributed by atoms with E-state index in [9.17, 15) is 0 Å². The quantitative estimate of drug-likeness (QED) is 0.834. The Morgan fingerprint density at radius 2 is 2.06 bits per heavy atom. The molecule has 0 bridgehead atoms. The first-order valence-corrected chi connectivity index (χ1v) is 5.83. The van der Waals surface area contributed by atoms with Crippen molar-refractivity contribution in [3.05, 3.63) is 17.5 Å². The monoisotopic (exact) mass is 243 g/mol. The van der Waals surface area contributed by atoms with Crippen LogP contribution in [0.25, 0.3) is 0 Å². The Bertz CT molecular complexity index is 320. The zero-order valence-electron chi connectivity index (χ0n) is 9.90. The van der Waals surface area contributed by atoms with Crippen LogP contribution in [0.2, 0.25) is 5.15 Å². The lowest BCUT2D eigenvalue weighted by Crippen LogP contribution is -2.31.